The quantitative estimate of drug-likeness (QED) is 0.883. The molecule has 0 amide bonds. The van der Waals surface area contributed by atoms with E-state index in [9.17, 15) is 5.11 Å². The highest BCUT2D eigenvalue weighted by atomic mass is 35.5. The first kappa shape index (κ1) is 13.7. The van der Waals surface area contributed by atoms with Crippen molar-refractivity contribution in [3.8, 4) is 5.75 Å². The van der Waals surface area contributed by atoms with Crippen LogP contribution in [0.4, 0.5) is 0 Å². The summed E-state index contributed by atoms with van der Waals surface area (Å²) in [6.07, 6.45) is 1.58. The zero-order valence-electron chi connectivity index (χ0n) is 10.7. The minimum Gasteiger partial charge on any atom is -0.492 e. The number of aliphatic hydroxyl groups is 1. The van der Waals surface area contributed by atoms with Crippen LogP contribution in [-0.2, 0) is 0 Å². The highest BCUT2D eigenvalue weighted by Gasteiger charge is 2.23. The number of hydrogen-bond donors (Lipinski definition) is 2. The molecule has 1 aromatic rings. The minimum absolute atomic E-state index is 0.320. The minimum atomic E-state index is -0.430. The molecule has 1 unspecified atom stereocenters. The van der Waals surface area contributed by atoms with Crippen LogP contribution < -0.4 is 10.1 Å². The van der Waals surface area contributed by atoms with Crippen LogP contribution >= 0.6 is 11.6 Å². The van der Waals surface area contributed by atoms with Gasteiger partial charge in [-0.2, -0.15) is 0 Å². The van der Waals surface area contributed by atoms with Gasteiger partial charge in [-0.15, -0.1) is 0 Å². The van der Waals surface area contributed by atoms with E-state index < -0.39 is 6.10 Å². The number of benzene rings is 1. The normalized spacial score (nSPS) is 18.6. The zero-order chi connectivity index (χ0) is 13.0. The van der Waals surface area contributed by atoms with Gasteiger partial charge in [0.15, 0.2) is 0 Å². The second-order valence-electron chi connectivity index (χ2n) is 4.66. The first-order valence-corrected chi connectivity index (χ1v) is 6.91. The first-order valence-electron chi connectivity index (χ1n) is 6.53. The van der Waals surface area contributed by atoms with E-state index in [0.717, 1.165) is 31.5 Å². The first-order chi connectivity index (χ1) is 8.72. The van der Waals surface area contributed by atoms with Crippen LogP contribution in [0.2, 0.25) is 5.02 Å². The molecule has 1 aliphatic heterocycles. The van der Waals surface area contributed by atoms with Gasteiger partial charge in [0, 0.05) is 0 Å². The summed E-state index contributed by atoms with van der Waals surface area (Å²) in [6.45, 7) is 4.48. The summed E-state index contributed by atoms with van der Waals surface area (Å²) in [6, 6.07) is 5.56. The van der Waals surface area contributed by atoms with Gasteiger partial charge in [0.25, 0.3) is 0 Å². The van der Waals surface area contributed by atoms with E-state index in [-0.39, 0.29) is 0 Å². The Balaban J connectivity index is 2.10. The lowest BCUT2D eigenvalue weighted by atomic mass is 9.88. The van der Waals surface area contributed by atoms with E-state index in [1.54, 1.807) is 0 Å². The van der Waals surface area contributed by atoms with E-state index in [0.29, 0.717) is 23.3 Å². The molecule has 1 fully saturated rings. The molecular weight excluding hydrogens is 250 g/mol. The fourth-order valence-electron chi connectivity index (χ4n) is 2.41. The Kier molecular flexibility index (Phi) is 4.87. The summed E-state index contributed by atoms with van der Waals surface area (Å²) in [7, 11) is 0. The standard InChI is InChI=1S/C14H20ClNO2/c1-2-18-13-4-3-11(9-12(13)15)14(17)10-5-7-16-8-6-10/h3-4,9-10,14,16-17H,2,5-8H2,1H3. The smallest absolute Gasteiger partial charge is 0.137 e. The average Bonchev–Trinajstić information content (AvgIpc) is 2.41. The van der Waals surface area contributed by atoms with Gasteiger partial charge in [-0.3, -0.25) is 0 Å². The highest BCUT2D eigenvalue weighted by Crippen LogP contribution is 2.33. The van der Waals surface area contributed by atoms with Crippen molar-refractivity contribution >= 4 is 11.6 Å². The molecule has 0 spiro atoms. The monoisotopic (exact) mass is 269 g/mol. The van der Waals surface area contributed by atoms with Gasteiger partial charge < -0.3 is 15.2 Å². The number of piperidine rings is 1. The molecule has 3 nitrogen and oxygen atoms in total. The molecule has 0 radical (unpaired) electrons. The second-order valence-corrected chi connectivity index (χ2v) is 5.06. The van der Waals surface area contributed by atoms with Crippen molar-refractivity contribution in [3.63, 3.8) is 0 Å². The van der Waals surface area contributed by atoms with E-state index in [1.165, 1.54) is 0 Å². The van der Waals surface area contributed by atoms with Crippen molar-refractivity contribution in [2.75, 3.05) is 19.7 Å². The molecule has 100 valence electrons. The van der Waals surface area contributed by atoms with Gasteiger partial charge in [-0.05, 0) is 56.5 Å². The molecular formula is C14H20ClNO2. The SMILES string of the molecule is CCOc1ccc(C(O)C2CCNCC2)cc1Cl. The molecule has 1 saturated heterocycles. The van der Waals surface area contributed by atoms with Crippen molar-refractivity contribution in [1.82, 2.24) is 5.32 Å². The molecule has 1 heterocycles. The lowest BCUT2D eigenvalue weighted by Gasteiger charge is -2.27. The zero-order valence-corrected chi connectivity index (χ0v) is 11.4. The molecule has 1 aliphatic rings. The van der Waals surface area contributed by atoms with Gasteiger partial charge in [0.1, 0.15) is 5.75 Å². The fraction of sp³-hybridized carbons (Fsp3) is 0.571. The van der Waals surface area contributed by atoms with Gasteiger partial charge in [0.2, 0.25) is 0 Å². The highest BCUT2D eigenvalue weighted by molar-refractivity contribution is 6.32. The van der Waals surface area contributed by atoms with Crippen molar-refractivity contribution in [2.24, 2.45) is 5.92 Å². The Morgan fingerprint density at radius 2 is 2.17 bits per heavy atom. The number of aliphatic hydroxyl groups excluding tert-OH is 1. The van der Waals surface area contributed by atoms with Crippen LogP contribution in [0.5, 0.6) is 5.75 Å². The third-order valence-corrected chi connectivity index (χ3v) is 3.72. The molecule has 2 N–H and O–H groups in total. The number of hydrogen-bond acceptors (Lipinski definition) is 3. The maximum absolute atomic E-state index is 10.4. The topological polar surface area (TPSA) is 41.5 Å². The maximum Gasteiger partial charge on any atom is 0.137 e. The molecule has 0 saturated carbocycles. The van der Waals surface area contributed by atoms with Crippen molar-refractivity contribution in [2.45, 2.75) is 25.9 Å². The molecule has 0 aromatic heterocycles. The van der Waals surface area contributed by atoms with Crippen LogP contribution in [0, 0.1) is 5.92 Å². The average molecular weight is 270 g/mol. The van der Waals surface area contributed by atoms with Crippen molar-refractivity contribution in [3.05, 3.63) is 28.8 Å². The Labute approximate surface area is 113 Å². The van der Waals surface area contributed by atoms with Gasteiger partial charge >= 0.3 is 0 Å². The fourth-order valence-corrected chi connectivity index (χ4v) is 2.65. The lowest BCUT2D eigenvalue weighted by Crippen LogP contribution is -2.30. The van der Waals surface area contributed by atoms with E-state index >= 15 is 0 Å². The number of halogens is 1. The predicted octanol–water partition coefficient (Wildman–Crippen LogP) is 2.77. The van der Waals surface area contributed by atoms with Crippen molar-refractivity contribution in [1.29, 1.82) is 0 Å². The summed E-state index contributed by atoms with van der Waals surface area (Å²) >= 11 is 6.14. The molecule has 1 aromatic carbocycles. The van der Waals surface area contributed by atoms with Gasteiger partial charge in [-0.1, -0.05) is 17.7 Å². The third-order valence-electron chi connectivity index (χ3n) is 3.43. The molecule has 4 heteroatoms. The summed E-state index contributed by atoms with van der Waals surface area (Å²) in [5.41, 5.74) is 0.885. The van der Waals surface area contributed by atoms with Crippen LogP contribution in [0.1, 0.15) is 31.4 Å². The van der Waals surface area contributed by atoms with Crippen LogP contribution in [0.15, 0.2) is 18.2 Å². The van der Waals surface area contributed by atoms with Crippen molar-refractivity contribution < 1.29 is 9.84 Å². The molecule has 18 heavy (non-hydrogen) atoms. The predicted molar refractivity (Wildman–Crippen MR) is 73.2 cm³/mol. The Hall–Kier alpha value is -0.770. The van der Waals surface area contributed by atoms with Gasteiger partial charge in [-0.25, -0.2) is 0 Å². The summed E-state index contributed by atoms with van der Waals surface area (Å²) < 4.78 is 5.39. The van der Waals surface area contributed by atoms with E-state index in [4.69, 9.17) is 16.3 Å². The number of ether oxygens (including phenoxy) is 1. The van der Waals surface area contributed by atoms with Crippen LogP contribution in [-0.4, -0.2) is 24.8 Å². The molecule has 1 atom stereocenters. The van der Waals surface area contributed by atoms with Gasteiger partial charge in [0.05, 0.1) is 17.7 Å². The number of rotatable bonds is 4. The summed E-state index contributed by atoms with van der Waals surface area (Å²) in [4.78, 5) is 0. The Bertz CT molecular complexity index is 391. The largest absolute Gasteiger partial charge is 0.492 e. The second kappa shape index (κ2) is 6.41. The maximum atomic E-state index is 10.4. The Morgan fingerprint density at radius 3 is 2.78 bits per heavy atom. The van der Waals surface area contributed by atoms with E-state index in [2.05, 4.69) is 5.32 Å². The molecule has 0 aliphatic carbocycles. The third kappa shape index (κ3) is 3.16. The van der Waals surface area contributed by atoms with Crippen LogP contribution in [0.25, 0.3) is 0 Å². The molecule has 2 rings (SSSR count). The van der Waals surface area contributed by atoms with Crippen LogP contribution in [0.3, 0.4) is 0 Å². The summed E-state index contributed by atoms with van der Waals surface area (Å²) in [5, 5.41) is 14.2. The Morgan fingerprint density at radius 1 is 1.44 bits per heavy atom. The molecule has 0 bridgehead atoms. The lowest BCUT2D eigenvalue weighted by molar-refractivity contribution is 0.0889. The number of nitrogens with one attached hydrogen (secondary N) is 1. The summed E-state index contributed by atoms with van der Waals surface area (Å²) in [5.74, 6) is 1.00. The van der Waals surface area contributed by atoms with E-state index in [1.807, 2.05) is 25.1 Å².